The van der Waals surface area contributed by atoms with Crippen LogP contribution in [0.25, 0.3) is 10.6 Å². The van der Waals surface area contributed by atoms with Crippen LogP contribution in [0.2, 0.25) is 0 Å². The van der Waals surface area contributed by atoms with Crippen LogP contribution in [0.15, 0.2) is 30.7 Å². The Morgan fingerprint density at radius 2 is 2.15 bits per heavy atom. The Labute approximate surface area is 120 Å². The van der Waals surface area contributed by atoms with Crippen molar-refractivity contribution in [1.82, 2.24) is 9.97 Å². The molecule has 0 aromatic carbocycles. The van der Waals surface area contributed by atoms with E-state index < -0.39 is 0 Å². The van der Waals surface area contributed by atoms with Crippen molar-refractivity contribution in [2.75, 3.05) is 13.2 Å². The summed E-state index contributed by atoms with van der Waals surface area (Å²) in [7, 11) is 0. The van der Waals surface area contributed by atoms with Gasteiger partial charge in [-0.1, -0.05) is 0 Å². The van der Waals surface area contributed by atoms with Gasteiger partial charge in [0.2, 0.25) is 0 Å². The van der Waals surface area contributed by atoms with Crippen LogP contribution < -0.4 is 0 Å². The highest BCUT2D eigenvalue weighted by Crippen LogP contribution is 2.27. The second kappa shape index (κ2) is 6.21. The van der Waals surface area contributed by atoms with Crippen molar-refractivity contribution in [3.05, 3.63) is 35.6 Å². The summed E-state index contributed by atoms with van der Waals surface area (Å²) in [6.45, 7) is 1.24. The molecule has 0 amide bonds. The normalized spacial score (nSPS) is 15.6. The Morgan fingerprint density at radius 3 is 2.90 bits per heavy atom. The molecule has 0 radical (unpaired) electrons. The summed E-state index contributed by atoms with van der Waals surface area (Å²) in [5.74, 6) is 0.120. The van der Waals surface area contributed by atoms with Gasteiger partial charge in [0.15, 0.2) is 12.1 Å². The zero-order chi connectivity index (χ0) is 13.8. The van der Waals surface area contributed by atoms with Crippen molar-refractivity contribution in [2.24, 2.45) is 0 Å². The van der Waals surface area contributed by atoms with Crippen LogP contribution in [0.4, 0.5) is 0 Å². The van der Waals surface area contributed by atoms with Gasteiger partial charge in [0.05, 0.1) is 28.7 Å². The van der Waals surface area contributed by atoms with Crippen LogP contribution in [-0.4, -0.2) is 35.3 Å². The molecule has 1 aliphatic heterocycles. The van der Waals surface area contributed by atoms with Gasteiger partial charge in [-0.15, -0.1) is 11.3 Å². The van der Waals surface area contributed by atoms with Gasteiger partial charge < -0.3 is 9.47 Å². The minimum atomic E-state index is -0.222. The zero-order valence-corrected chi connectivity index (χ0v) is 11.6. The Bertz CT molecular complexity index is 579. The lowest BCUT2D eigenvalue weighted by atomic mass is 10.2. The number of carbonyl (C=O) groups excluding carboxylic acids is 1. The third-order valence-electron chi connectivity index (χ3n) is 3.01. The lowest BCUT2D eigenvalue weighted by molar-refractivity contribution is -0.0464. The maximum atomic E-state index is 12.1. The topological polar surface area (TPSA) is 61.3 Å². The summed E-state index contributed by atoms with van der Waals surface area (Å²) in [4.78, 5) is 21.9. The van der Waals surface area contributed by atoms with E-state index in [1.54, 1.807) is 6.20 Å². The molecular weight excluding hydrogens is 276 g/mol. The number of carbonyl (C=O) groups is 1. The highest BCUT2D eigenvalue weighted by molar-refractivity contribution is 7.17. The number of hydrogen-bond donors (Lipinski definition) is 0. The summed E-state index contributed by atoms with van der Waals surface area (Å²) in [5.41, 5.74) is 0.839. The fourth-order valence-electron chi connectivity index (χ4n) is 2.01. The van der Waals surface area contributed by atoms with Crippen molar-refractivity contribution < 1.29 is 14.3 Å². The standard InChI is InChI=1S/C14H14N2O3S/c17-11(1-4-14-18-7-8-19-14)13-3-2-12(20-13)10-5-6-15-9-16-10/h2-3,5-6,9,14H,1,4,7-8H2. The molecule has 20 heavy (non-hydrogen) atoms. The van der Waals surface area contributed by atoms with Crippen LogP contribution in [0.3, 0.4) is 0 Å². The van der Waals surface area contributed by atoms with Crippen molar-refractivity contribution in [3.63, 3.8) is 0 Å². The molecule has 0 spiro atoms. The molecule has 0 saturated carbocycles. The predicted octanol–water partition coefficient (Wildman–Crippen LogP) is 2.54. The van der Waals surface area contributed by atoms with Gasteiger partial charge in [-0.3, -0.25) is 4.79 Å². The molecule has 0 N–H and O–H groups in total. The maximum Gasteiger partial charge on any atom is 0.172 e. The molecule has 0 unspecified atom stereocenters. The summed E-state index contributed by atoms with van der Waals surface area (Å²) in [6, 6.07) is 5.60. The molecule has 3 rings (SSSR count). The molecule has 3 heterocycles. The van der Waals surface area contributed by atoms with Gasteiger partial charge in [0.1, 0.15) is 6.33 Å². The second-order valence-corrected chi connectivity index (χ2v) is 5.48. The summed E-state index contributed by atoms with van der Waals surface area (Å²) < 4.78 is 10.7. The van der Waals surface area contributed by atoms with E-state index in [0.29, 0.717) is 26.1 Å². The molecule has 2 aromatic rings. The highest BCUT2D eigenvalue weighted by atomic mass is 32.1. The number of Topliss-reactive ketones (excluding diaryl/α,β-unsaturated/α-hetero) is 1. The molecular formula is C14H14N2O3S. The largest absolute Gasteiger partial charge is 0.350 e. The van der Waals surface area contributed by atoms with E-state index in [0.717, 1.165) is 15.4 Å². The monoisotopic (exact) mass is 290 g/mol. The van der Waals surface area contributed by atoms with Crippen molar-refractivity contribution in [2.45, 2.75) is 19.1 Å². The SMILES string of the molecule is O=C(CCC1OCCO1)c1ccc(-c2ccncn2)s1. The van der Waals surface area contributed by atoms with E-state index in [4.69, 9.17) is 9.47 Å². The molecule has 0 bridgehead atoms. The van der Waals surface area contributed by atoms with Gasteiger partial charge in [0.25, 0.3) is 0 Å². The van der Waals surface area contributed by atoms with E-state index in [1.807, 2.05) is 18.2 Å². The third-order valence-corrected chi connectivity index (χ3v) is 4.16. The molecule has 1 fully saturated rings. The first kappa shape index (κ1) is 13.4. The number of thiophene rings is 1. The number of nitrogens with zero attached hydrogens (tertiary/aromatic N) is 2. The van der Waals surface area contributed by atoms with Crippen molar-refractivity contribution in [3.8, 4) is 10.6 Å². The van der Waals surface area contributed by atoms with E-state index in [9.17, 15) is 4.79 Å². The van der Waals surface area contributed by atoms with E-state index >= 15 is 0 Å². The Hall–Kier alpha value is -1.63. The molecule has 5 nitrogen and oxygen atoms in total. The number of ketones is 1. The smallest absolute Gasteiger partial charge is 0.172 e. The van der Waals surface area contributed by atoms with Crippen LogP contribution >= 0.6 is 11.3 Å². The Morgan fingerprint density at radius 1 is 1.30 bits per heavy atom. The van der Waals surface area contributed by atoms with E-state index in [-0.39, 0.29) is 12.1 Å². The number of ether oxygens (including phenoxy) is 2. The Kier molecular flexibility index (Phi) is 4.15. The molecule has 1 aliphatic rings. The minimum absolute atomic E-state index is 0.120. The van der Waals surface area contributed by atoms with Gasteiger partial charge in [-0.25, -0.2) is 9.97 Å². The van der Waals surface area contributed by atoms with Gasteiger partial charge in [-0.2, -0.15) is 0 Å². The van der Waals surface area contributed by atoms with Gasteiger partial charge in [0, 0.05) is 19.0 Å². The van der Waals surface area contributed by atoms with Crippen LogP contribution in [-0.2, 0) is 9.47 Å². The average Bonchev–Trinajstić information content (AvgIpc) is 3.17. The number of aromatic nitrogens is 2. The molecule has 1 saturated heterocycles. The summed E-state index contributed by atoms with van der Waals surface area (Å²) >= 11 is 1.46. The second-order valence-electron chi connectivity index (χ2n) is 4.39. The fourth-order valence-corrected chi connectivity index (χ4v) is 2.96. The first-order valence-electron chi connectivity index (χ1n) is 6.45. The number of rotatable bonds is 5. The molecule has 104 valence electrons. The van der Waals surface area contributed by atoms with Crippen molar-refractivity contribution in [1.29, 1.82) is 0 Å². The van der Waals surface area contributed by atoms with Crippen LogP contribution in [0.1, 0.15) is 22.5 Å². The molecule has 2 aromatic heterocycles. The fraction of sp³-hybridized carbons (Fsp3) is 0.357. The number of hydrogen-bond acceptors (Lipinski definition) is 6. The quantitative estimate of drug-likeness (QED) is 0.792. The minimum Gasteiger partial charge on any atom is -0.350 e. The maximum absolute atomic E-state index is 12.1. The first-order valence-corrected chi connectivity index (χ1v) is 7.27. The predicted molar refractivity (Wildman–Crippen MR) is 74.6 cm³/mol. The third kappa shape index (κ3) is 3.09. The first-order chi connectivity index (χ1) is 9.83. The van der Waals surface area contributed by atoms with Crippen LogP contribution in [0, 0.1) is 0 Å². The lowest BCUT2D eigenvalue weighted by Crippen LogP contribution is -2.10. The molecule has 6 heteroatoms. The lowest BCUT2D eigenvalue weighted by Gasteiger charge is -2.06. The van der Waals surface area contributed by atoms with E-state index in [2.05, 4.69) is 9.97 Å². The molecule has 0 aliphatic carbocycles. The highest BCUT2D eigenvalue weighted by Gasteiger charge is 2.18. The van der Waals surface area contributed by atoms with E-state index in [1.165, 1.54) is 17.7 Å². The summed E-state index contributed by atoms with van der Waals surface area (Å²) in [5, 5.41) is 0. The average molecular weight is 290 g/mol. The molecule has 0 atom stereocenters. The summed E-state index contributed by atoms with van der Waals surface area (Å²) in [6.07, 6.45) is 4.03. The van der Waals surface area contributed by atoms with Crippen molar-refractivity contribution >= 4 is 17.1 Å². The van der Waals surface area contributed by atoms with Gasteiger partial charge >= 0.3 is 0 Å². The zero-order valence-electron chi connectivity index (χ0n) is 10.8. The Balaban J connectivity index is 1.62. The van der Waals surface area contributed by atoms with Crippen LogP contribution in [0.5, 0.6) is 0 Å². The van der Waals surface area contributed by atoms with Gasteiger partial charge in [-0.05, 0) is 18.2 Å².